The molecule has 24 heavy (non-hydrogen) atoms. The second-order valence-corrected chi connectivity index (χ2v) is 6.56. The van der Waals surface area contributed by atoms with E-state index in [4.69, 9.17) is 16.3 Å². The molecule has 2 rings (SSSR count). The third-order valence-corrected chi connectivity index (χ3v) is 4.52. The highest BCUT2D eigenvalue weighted by molar-refractivity contribution is 7.89. The Labute approximate surface area is 142 Å². The van der Waals surface area contributed by atoms with Gasteiger partial charge in [-0.2, -0.15) is 13.5 Å². The first-order valence-electron chi connectivity index (χ1n) is 6.46. The number of ether oxygens (including phenoxy) is 1. The van der Waals surface area contributed by atoms with Crippen LogP contribution in [0.15, 0.2) is 52.5 Å². The Balaban J connectivity index is 2.18. The Morgan fingerprint density at radius 1 is 1.25 bits per heavy atom. The van der Waals surface area contributed by atoms with Crippen LogP contribution in [0, 0.1) is 10.1 Å². The number of nitrogens with zero attached hydrogens (tertiary/aromatic N) is 2. The number of halogens is 1. The van der Waals surface area contributed by atoms with Gasteiger partial charge >= 0.3 is 0 Å². The zero-order chi connectivity index (χ0) is 17.7. The van der Waals surface area contributed by atoms with Crippen molar-refractivity contribution < 1.29 is 18.1 Å². The summed E-state index contributed by atoms with van der Waals surface area (Å²) in [5.74, 6) is 0.515. The van der Waals surface area contributed by atoms with Gasteiger partial charge in [-0.05, 0) is 30.3 Å². The summed E-state index contributed by atoms with van der Waals surface area (Å²) >= 11 is 5.90. The summed E-state index contributed by atoms with van der Waals surface area (Å²) in [6, 6.07) is 9.47. The van der Waals surface area contributed by atoms with E-state index in [1.54, 1.807) is 0 Å². The fraction of sp³-hybridized carbons (Fsp3) is 0.0714. The van der Waals surface area contributed by atoms with Gasteiger partial charge in [0.1, 0.15) is 5.75 Å². The number of methoxy groups -OCH3 is 1. The zero-order valence-electron chi connectivity index (χ0n) is 12.3. The van der Waals surface area contributed by atoms with Gasteiger partial charge < -0.3 is 4.74 Å². The normalized spacial score (nSPS) is 11.4. The van der Waals surface area contributed by atoms with Crippen molar-refractivity contribution in [1.82, 2.24) is 4.83 Å². The van der Waals surface area contributed by atoms with Crippen LogP contribution in [0.25, 0.3) is 0 Å². The Morgan fingerprint density at radius 3 is 2.50 bits per heavy atom. The van der Waals surface area contributed by atoms with Crippen molar-refractivity contribution >= 4 is 33.5 Å². The molecular formula is C14H12ClN3O5S. The number of nitro benzene ring substituents is 1. The fourth-order valence-electron chi connectivity index (χ4n) is 1.72. The van der Waals surface area contributed by atoms with Crippen LogP contribution in [0.1, 0.15) is 5.56 Å². The number of hydrogen-bond acceptors (Lipinski definition) is 6. The lowest BCUT2D eigenvalue weighted by atomic mass is 10.2. The van der Waals surface area contributed by atoms with Crippen LogP contribution in [0.2, 0.25) is 5.02 Å². The molecule has 126 valence electrons. The molecule has 0 heterocycles. The van der Waals surface area contributed by atoms with Gasteiger partial charge in [-0.3, -0.25) is 10.1 Å². The summed E-state index contributed by atoms with van der Waals surface area (Å²) in [5.41, 5.74) is 0.0298. The molecule has 10 heteroatoms. The number of hydrazone groups is 1. The molecule has 0 aliphatic rings. The number of nitro groups is 1. The summed E-state index contributed by atoms with van der Waals surface area (Å²) < 4.78 is 29.1. The number of rotatable bonds is 6. The number of nitrogens with one attached hydrogen (secondary N) is 1. The molecule has 0 aromatic heterocycles. The minimum Gasteiger partial charge on any atom is -0.497 e. The van der Waals surface area contributed by atoms with Crippen molar-refractivity contribution in [2.45, 2.75) is 4.90 Å². The predicted octanol–water partition coefficient (Wildman–Crippen LogP) is 2.57. The topological polar surface area (TPSA) is 111 Å². The van der Waals surface area contributed by atoms with E-state index in [-0.39, 0.29) is 21.2 Å². The number of sulfonamides is 1. The van der Waals surface area contributed by atoms with Gasteiger partial charge in [-0.1, -0.05) is 11.6 Å². The zero-order valence-corrected chi connectivity index (χ0v) is 13.9. The minimum atomic E-state index is -3.88. The first-order valence-corrected chi connectivity index (χ1v) is 8.32. The van der Waals surface area contributed by atoms with Gasteiger partial charge in [-0.15, -0.1) is 0 Å². The van der Waals surface area contributed by atoms with Crippen LogP contribution >= 0.6 is 11.6 Å². The Bertz CT molecular complexity index is 882. The molecule has 0 atom stereocenters. The highest BCUT2D eigenvalue weighted by atomic mass is 35.5. The van der Waals surface area contributed by atoms with Crippen LogP contribution in [-0.4, -0.2) is 26.7 Å². The maximum Gasteiger partial charge on any atom is 0.276 e. The van der Waals surface area contributed by atoms with Gasteiger partial charge in [0.2, 0.25) is 0 Å². The molecule has 0 saturated carbocycles. The highest BCUT2D eigenvalue weighted by Crippen LogP contribution is 2.20. The van der Waals surface area contributed by atoms with Crippen LogP contribution in [0.3, 0.4) is 0 Å². The molecule has 0 bridgehead atoms. The van der Waals surface area contributed by atoms with Gasteiger partial charge in [0.15, 0.2) is 0 Å². The monoisotopic (exact) mass is 369 g/mol. The smallest absolute Gasteiger partial charge is 0.276 e. The first-order chi connectivity index (χ1) is 11.3. The van der Waals surface area contributed by atoms with E-state index in [2.05, 4.69) is 5.10 Å². The summed E-state index contributed by atoms with van der Waals surface area (Å²) in [7, 11) is -2.41. The quantitative estimate of drug-likeness (QED) is 0.478. The average molecular weight is 370 g/mol. The van der Waals surface area contributed by atoms with Crippen LogP contribution in [0.4, 0.5) is 5.69 Å². The standard InChI is InChI=1S/C14H12ClN3O5S/c1-23-12-3-5-13(6-4-12)24(21,22)17-16-9-10-8-11(18(19)20)2-7-14(10)15/h2-9,17H,1H3. The second-order valence-electron chi connectivity index (χ2n) is 4.49. The van der Waals surface area contributed by atoms with Gasteiger partial charge in [-0.25, -0.2) is 4.83 Å². The minimum absolute atomic E-state index is 0.00871. The first kappa shape index (κ1) is 17.7. The van der Waals surface area contributed by atoms with Crippen molar-refractivity contribution in [1.29, 1.82) is 0 Å². The molecule has 2 aromatic carbocycles. The van der Waals surface area contributed by atoms with E-state index in [1.165, 1.54) is 49.6 Å². The lowest BCUT2D eigenvalue weighted by Gasteiger charge is -2.04. The summed E-state index contributed by atoms with van der Waals surface area (Å²) in [4.78, 5) is 12.1. The molecule has 0 aliphatic carbocycles. The van der Waals surface area contributed by atoms with Crippen molar-refractivity contribution in [2.75, 3.05) is 7.11 Å². The molecule has 8 nitrogen and oxygen atoms in total. The Morgan fingerprint density at radius 2 is 1.92 bits per heavy atom. The largest absolute Gasteiger partial charge is 0.497 e. The van der Waals surface area contributed by atoms with Gasteiger partial charge in [0.05, 0.1) is 23.1 Å². The lowest BCUT2D eigenvalue weighted by molar-refractivity contribution is -0.384. The van der Waals surface area contributed by atoms with Crippen molar-refractivity contribution in [2.24, 2.45) is 5.10 Å². The lowest BCUT2D eigenvalue weighted by Crippen LogP contribution is -2.18. The van der Waals surface area contributed by atoms with Crippen molar-refractivity contribution in [3.8, 4) is 5.75 Å². The third kappa shape index (κ3) is 4.21. The third-order valence-electron chi connectivity index (χ3n) is 2.94. The number of hydrogen-bond donors (Lipinski definition) is 1. The Kier molecular flexibility index (Phi) is 5.37. The SMILES string of the molecule is COc1ccc(S(=O)(=O)NN=Cc2cc([N+](=O)[O-])ccc2Cl)cc1. The molecule has 0 spiro atoms. The van der Waals surface area contributed by atoms with Gasteiger partial charge in [0.25, 0.3) is 15.7 Å². The molecule has 0 aliphatic heterocycles. The molecule has 0 fully saturated rings. The van der Waals surface area contributed by atoms with E-state index in [1.807, 2.05) is 4.83 Å². The van der Waals surface area contributed by atoms with E-state index >= 15 is 0 Å². The van der Waals surface area contributed by atoms with Crippen LogP contribution < -0.4 is 9.57 Å². The van der Waals surface area contributed by atoms with Crippen molar-refractivity contribution in [3.05, 3.63) is 63.2 Å². The van der Waals surface area contributed by atoms with Crippen molar-refractivity contribution in [3.63, 3.8) is 0 Å². The molecule has 0 radical (unpaired) electrons. The molecular weight excluding hydrogens is 358 g/mol. The van der Waals surface area contributed by atoms with Crippen LogP contribution in [-0.2, 0) is 10.0 Å². The average Bonchev–Trinajstić information content (AvgIpc) is 2.56. The molecule has 0 saturated heterocycles. The maximum atomic E-state index is 12.1. The highest BCUT2D eigenvalue weighted by Gasteiger charge is 2.13. The Hall–Kier alpha value is -2.65. The van der Waals surface area contributed by atoms with Gasteiger partial charge in [0, 0.05) is 22.7 Å². The molecule has 0 unspecified atom stereocenters. The number of non-ortho nitro benzene ring substituents is 1. The van der Waals surface area contributed by atoms with Crippen LogP contribution in [0.5, 0.6) is 5.75 Å². The predicted molar refractivity (Wildman–Crippen MR) is 89.0 cm³/mol. The van der Waals surface area contributed by atoms with E-state index in [0.29, 0.717) is 5.75 Å². The summed E-state index contributed by atoms with van der Waals surface area (Å²) in [6.45, 7) is 0. The number of benzene rings is 2. The van der Waals surface area contributed by atoms with E-state index in [0.717, 1.165) is 6.21 Å². The molecule has 1 N–H and O–H groups in total. The maximum absolute atomic E-state index is 12.1. The van der Waals surface area contributed by atoms with E-state index < -0.39 is 14.9 Å². The fourth-order valence-corrected chi connectivity index (χ4v) is 2.67. The van der Waals surface area contributed by atoms with E-state index in [9.17, 15) is 18.5 Å². The summed E-state index contributed by atoms with van der Waals surface area (Å²) in [5, 5.41) is 14.5. The molecule has 0 amide bonds. The molecule has 2 aromatic rings. The second kappa shape index (κ2) is 7.28. The summed E-state index contributed by atoms with van der Waals surface area (Å²) in [6.07, 6.45) is 1.09.